The second kappa shape index (κ2) is 3.78. The van der Waals surface area contributed by atoms with Crippen LogP contribution in [0.4, 0.5) is 0 Å². The van der Waals surface area contributed by atoms with Crippen molar-refractivity contribution in [2.24, 2.45) is 0 Å². The Morgan fingerprint density at radius 3 is 2.47 bits per heavy atom. The van der Waals surface area contributed by atoms with Crippen LogP contribution in [0.2, 0.25) is 0 Å². The summed E-state index contributed by atoms with van der Waals surface area (Å²) in [4.78, 5) is 12.0. The number of ether oxygens (including phenoxy) is 1. The van der Waals surface area contributed by atoms with Crippen molar-refractivity contribution >= 4 is 21.9 Å². The van der Waals surface area contributed by atoms with Crippen molar-refractivity contribution in [3.8, 4) is 11.5 Å². The molecule has 0 atom stereocenters. The Hall–Kier alpha value is -2.43. The maximum absolute atomic E-state index is 12.0. The molecule has 19 heavy (non-hydrogen) atoms. The van der Waals surface area contributed by atoms with E-state index in [2.05, 4.69) is 0 Å². The third-order valence-corrected chi connectivity index (χ3v) is 3.18. The molecule has 0 aliphatic rings. The van der Waals surface area contributed by atoms with E-state index in [1.54, 1.807) is 19.9 Å². The van der Waals surface area contributed by atoms with Gasteiger partial charge in [-0.3, -0.25) is 0 Å². The minimum Gasteiger partial charge on any atom is -0.507 e. The molecule has 3 rings (SSSR count). The first-order valence-electron chi connectivity index (χ1n) is 5.76. The molecule has 0 radical (unpaired) electrons. The normalized spacial score (nSPS) is 11.3. The molecule has 5 heteroatoms. The second-order valence-electron chi connectivity index (χ2n) is 4.41. The van der Waals surface area contributed by atoms with Crippen molar-refractivity contribution in [2.45, 2.75) is 13.8 Å². The number of aryl methyl sites for hydroxylation is 1. The fourth-order valence-corrected chi connectivity index (χ4v) is 2.30. The van der Waals surface area contributed by atoms with Crippen molar-refractivity contribution in [2.75, 3.05) is 7.11 Å². The summed E-state index contributed by atoms with van der Waals surface area (Å²) in [5.74, 6) is 0.950. The summed E-state index contributed by atoms with van der Waals surface area (Å²) in [7, 11) is 1.48. The van der Waals surface area contributed by atoms with Crippen LogP contribution in [-0.2, 0) is 0 Å². The van der Waals surface area contributed by atoms with Gasteiger partial charge in [-0.1, -0.05) is 0 Å². The fourth-order valence-electron chi connectivity index (χ4n) is 2.30. The number of hydrogen-bond donors (Lipinski definition) is 1. The van der Waals surface area contributed by atoms with Crippen LogP contribution in [-0.4, -0.2) is 12.2 Å². The van der Waals surface area contributed by atoms with E-state index < -0.39 is 5.63 Å². The van der Waals surface area contributed by atoms with Crippen LogP contribution in [0.5, 0.6) is 11.5 Å². The summed E-state index contributed by atoms with van der Waals surface area (Å²) < 4.78 is 16.0. The Morgan fingerprint density at radius 1 is 1.11 bits per heavy atom. The lowest BCUT2D eigenvalue weighted by molar-refractivity contribution is 0.407. The number of phenolic OH excluding ortho intramolecular Hbond substituents is 1. The van der Waals surface area contributed by atoms with Crippen LogP contribution in [0, 0.1) is 13.8 Å². The van der Waals surface area contributed by atoms with Gasteiger partial charge in [-0.05, 0) is 13.8 Å². The largest absolute Gasteiger partial charge is 0.507 e. The van der Waals surface area contributed by atoms with Gasteiger partial charge in [0.2, 0.25) is 0 Å². The van der Waals surface area contributed by atoms with Gasteiger partial charge in [0.25, 0.3) is 0 Å². The van der Waals surface area contributed by atoms with E-state index in [0.717, 1.165) is 0 Å². The fraction of sp³-hybridized carbons (Fsp3) is 0.214. The van der Waals surface area contributed by atoms with Crippen molar-refractivity contribution in [3.63, 3.8) is 0 Å². The van der Waals surface area contributed by atoms with Crippen LogP contribution < -0.4 is 10.4 Å². The van der Waals surface area contributed by atoms with E-state index >= 15 is 0 Å². The van der Waals surface area contributed by atoms with E-state index in [4.69, 9.17) is 13.6 Å². The number of phenols is 1. The second-order valence-corrected chi connectivity index (χ2v) is 4.41. The summed E-state index contributed by atoms with van der Waals surface area (Å²) in [6.45, 7) is 3.39. The smallest absolute Gasteiger partial charge is 0.347 e. The van der Waals surface area contributed by atoms with Crippen molar-refractivity contribution in [3.05, 3.63) is 33.9 Å². The minimum absolute atomic E-state index is 0.0597. The molecule has 0 saturated carbocycles. The van der Waals surface area contributed by atoms with Gasteiger partial charge < -0.3 is 18.7 Å². The zero-order valence-electron chi connectivity index (χ0n) is 10.7. The molecule has 5 nitrogen and oxygen atoms in total. The Balaban J connectivity index is 2.64. The summed E-state index contributed by atoms with van der Waals surface area (Å²) in [5, 5.41) is 10.7. The molecule has 0 bridgehead atoms. The van der Waals surface area contributed by atoms with Gasteiger partial charge in [-0.2, -0.15) is 0 Å². The predicted octanol–water partition coefficient (Wildman–Crippen LogP) is 2.87. The number of hydrogen-bond acceptors (Lipinski definition) is 5. The minimum atomic E-state index is -0.475. The number of fused-ring (bicyclic) bond motifs is 3. The van der Waals surface area contributed by atoms with Gasteiger partial charge in [0.1, 0.15) is 33.8 Å². The van der Waals surface area contributed by atoms with Gasteiger partial charge in [0.15, 0.2) is 0 Å². The topological polar surface area (TPSA) is 72.8 Å². The molecule has 2 heterocycles. The van der Waals surface area contributed by atoms with E-state index in [1.165, 1.54) is 13.2 Å². The Kier molecular flexibility index (Phi) is 2.32. The molecule has 2 aromatic heterocycles. The summed E-state index contributed by atoms with van der Waals surface area (Å²) in [6, 6.07) is 3.12. The number of furan rings is 1. The molecule has 1 N–H and O–H groups in total. The highest BCUT2D eigenvalue weighted by Crippen LogP contribution is 2.40. The maximum atomic E-state index is 12.0. The van der Waals surface area contributed by atoms with E-state index in [0.29, 0.717) is 39.0 Å². The number of rotatable bonds is 1. The number of benzene rings is 1. The van der Waals surface area contributed by atoms with Gasteiger partial charge in [-0.15, -0.1) is 0 Å². The Bertz CT molecular complexity index is 854. The van der Waals surface area contributed by atoms with Crippen molar-refractivity contribution in [1.29, 1.82) is 0 Å². The highest BCUT2D eigenvalue weighted by molar-refractivity contribution is 6.08. The van der Waals surface area contributed by atoms with E-state index in [1.807, 2.05) is 0 Å². The summed E-state index contributed by atoms with van der Waals surface area (Å²) in [6.07, 6.45) is 0. The van der Waals surface area contributed by atoms with Gasteiger partial charge in [-0.25, -0.2) is 4.79 Å². The molecule has 3 aromatic rings. The molecule has 0 spiro atoms. The molecule has 0 unspecified atom stereocenters. The third-order valence-electron chi connectivity index (χ3n) is 3.18. The van der Waals surface area contributed by atoms with Gasteiger partial charge in [0, 0.05) is 17.7 Å². The first-order chi connectivity index (χ1) is 9.02. The molecule has 1 aromatic carbocycles. The SMILES string of the molecule is COc1c(C)c(O)cc2oc3cc(C)oc(=O)c3c12. The average molecular weight is 260 g/mol. The maximum Gasteiger partial charge on any atom is 0.347 e. The monoisotopic (exact) mass is 260 g/mol. The van der Waals surface area contributed by atoms with Crippen LogP contribution >= 0.6 is 0 Å². The lowest BCUT2D eigenvalue weighted by Crippen LogP contribution is -1.99. The zero-order valence-corrected chi connectivity index (χ0v) is 10.7. The molecule has 0 fully saturated rings. The van der Waals surface area contributed by atoms with Crippen LogP contribution in [0.1, 0.15) is 11.3 Å². The third kappa shape index (κ3) is 1.51. The molecular weight excluding hydrogens is 248 g/mol. The highest BCUT2D eigenvalue weighted by Gasteiger charge is 2.20. The van der Waals surface area contributed by atoms with E-state index in [-0.39, 0.29) is 5.75 Å². The lowest BCUT2D eigenvalue weighted by atomic mass is 10.1. The molecular formula is C14H12O5. The molecule has 0 amide bonds. The quantitative estimate of drug-likeness (QED) is 0.728. The Morgan fingerprint density at radius 2 is 1.79 bits per heavy atom. The van der Waals surface area contributed by atoms with Crippen LogP contribution in [0.15, 0.2) is 25.8 Å². The lowest BCUT2D eigenvalue weighted by Gasteiger charge is -2.07. The molecule has 0 aliphatic carbocycles. The summed E-state index contributed by atoms with van der Waals surface area (Å²) >= 11 is 0. The molecule has 98 valence electrons. The highest BCUT2D eigenvalue weighted by atomic mass is 16.5. The summed E-state index contributed by atoms with van der Waals surface area (Å²) in [5.41, 5.74) is 0.898. The first kappa shape index (κ1) is 11.6. The molecule has 0 aliphatic heterocycles. The van der Waals surface area contributed by atoms with Gasteiger partial charge >= 0.3 is 5.63 Å². The van der Waals surface area contributed by atoms with Gasteiger partial charge in [0.05, 0.1) is 12.5 Å². The van der Waals surface area contributed by atoms with Crippen LogP contribution in [0.25, 0.3) is 21.9 Å². The molecule has 0 saturated heterocycles. The standard InChI is InChI=1S/C14H12O5/c1-6-4-9-12(14(16)18-6)11-10(19-9)5-8(15)7(2)13(11)17-3/h4-5,15H,1-3H3. The number of methoxy groups -OCH3 is 1. The number of aromatic hydroxyl groups is 1. The van der Waals surface area contributed by atoms with Crippen molar-refractivity contribution in [1.82, 2.24) is 0 Å². The first-order valence-corrected chi connectivity index (χ1v) is 5.76. The zero-order chi connectivity index (χ0) is 13.7. The van der Waals surface area contributed by atoms with Crippen LogP contribution in [0.3, 0.4) is 0 Å². The van der Waals surface area contributed by atoms with Crippen molar-refractivity contribution < 1.29 is 18.7 Å². The predicted molar refractivity (Wildman–Crippen MR) is 69.9 cm³/mol. The average Bonchev–Trinajstić information content (AvgIpc) is 2.68. The van der Waals surface area contributed by atoms with E-state index in [9.17, 15) is 9.90 Å². The Labute approximate surface area is 108 Å².